The van der Waals surface area contributed by atoms with Crippen LogP contribution in [-0.4, -0.2) is 32.6 Å². The van der Waals surface area contributed by atoms with Crippen molar-refractivity contribution in [1.82, 2.24) is 25.9 Å². The Labute approximate surface area is 98.5 Å². The number of nitrogens with two attached hydrogens (primary N) is 1. The van der Waals surface area contributed by atoms with Crippen LogP contribution in [0.1, 0.15) is 25.1 Å². The van der Waals surface area contributed by atoms with Crippen molar-refractivity contribution in [2.24, 2.45) is 23.5 Å². The third-order valence-corrected chi connectivity index (χ3v) is 4.09. The average Bonchev–Trinajstić information content (AvgIpc) is 3.02. The molecule has 1 amide bonds. The number of aromatic amines is 1. The third-order valence-electron chi connectivity index (χ3n) is 4.09. The molecule has 1 heterocycles. The molecule has 2 fully saturated rings. The summed E-state index contributed by atoms with van der Waals surface area (Å²) in [5.41, 5.74) is 6.10. The van der Waals surface area contributed by atoms with E-state index < -0.39 is 0 Å². The summed E-state index contributed by atoms with van der Waals surface area (Å²) in [6.07, 6.45) is 3.43. The van der Waals surface area contributed by atoms with Gasteiger partial charge in [-0.05, 0) is 31.1 Å². The molecule has 92 valence electrons. The SMILES string of the molecule is NC1C2CCC(C2)C1C(=O)NCc1nn[nH]n1. The standard InChI is InChI=1S/C10H16N6O/c11-9-6-2-1-5(3-6)8(9)10(17)12-4-7-13-15-16-14-7/h5-6,8-9H,1-4,11H2,(H,12,17)(H,13,14,15,16). The number of hydrogen-bond donors (Lipinski definition) is 3. The van der Waals surface area contributed by atoms with E-state index in [9.17, 15) is 4.79 Å². The number of carbonyl (C=O) groups excluding carboxylic acids is 1. The molecule has 3 rings (SSSR count). The van der Waals surface area contributed by atoms with Crippen LogP contribution in [0.15, 0.2) is 0 Å². The minimum absolute atomic E-state index is 0.0269. The van der Waals surface area contributed by atoms with E-state index in [1.807, 2.05) is 0 Å². The summed E-state index contributed by atoms with van der Waals surface area (Å²) in [6.45, 7) is 0.315. The molecule has 4 atom stereocenters. The van der Waals surface area contributed by atoms with Crippen LogP contribution in [0, 0.1) is 17.8 Å². The Morgan fingerprint density at radius 3 is 2.94 bits per heavy atom. The van der Waals surface area contributed by atoms with E-state index in [1.54, 1.807) is 0 Å². The highest BCUT2D eigenvalue weighted by atomic mass is 16.2. The molecule has 7 nitrogen and oxygen atoms in total. The summed E-state index contributed by atoms with van der Waals surface area (Å²) < 4.78 is 0. The number of rotatable bonds is 3. The van der Waals surface area contributed by atoms with Crippen molar-refractivity contribution < 1.29 is 4.79 Å². The summed E-state index contributed by atoms with van der Waals surface area (Å²) in [5.74, 6) is 1.52. The van der Waals surface area contributed by atoms with Gasteiger partial charge in [0.1, 0.15) is 0 Å². The van der Waals surface area contributed by atoms with Crippen LogP contribution in [0.4, 0.5) is 0 Å². The molecule has 2 aliphatic carbocycles. The van der Waals surface area contributed by atoms with Gasteiger partial charge < -0.3 is 11.1 Å². The largest absolute Gasteiger partial charge is 0.348 e. The second kappa shape index (κ2) is 4.06. The molecule has 0 saturated heterocycles. The number of amides is 1. The minimum Gasteiger partial charge on any atom is -0.348 e. The first-order chi connectivity index (χ1) is 8.25. The van der Waals surface area contributed by atoms with Gasteiger partial charge in [0.25, 0.3) is 0 Å². The summed E-state index contributed by atoms with van der Waals surface area (Å²) in [5, 5.41) is 16.2. The highest BCUT2D eigenvalue weighted by molar-refractivity contribution is 5.80. The van der Waals surface area contributed by atoms with Gasteiger partial charge in [-0.2, -0.15) is 5.21 Å². The second-order valence-electron chi connectivity index (χ2n) is 4.98. The fourth-order valence-electron chi connectivity index (χ4n) is 3.27. The zero-order chi connectivity index (χ0) is 11.8. The monoisotopic (exact) mass is 236 g/mol. The number of nitrogens with zero attached hydrogens (tertiary/aromatic N) is 3. The van der Waals surface area contributed by atoms with Crippen LogP contribution < -0.4 is 11.1 Å². The van der Waals surface area contributed by atoms with Crippen molar-refractivity contribution in [2.45, 2.75) is 31.8 Å². The number of carbonyl (C=O) groups is 1. The molecular formula is C10H16N6O. The van der Waals surface area contributed by atoms with Crippen molar-refractivity contribution in [2.75, 3.05) is 0 Å². The Kier molecular flexibility index (Phi) is 2.54. The maximum absolute atomic E-state index is 12.1. The Balaban J connectivity index is 1.59. The number of hydrogen-bond acceptors (Lipinski definition) is 5. The fraction of sp³-hybridized carbons (Fsp3) is 0.800. The van der Waals surface area contributed by atoms with E-state index in [0.29, 0.717) is 24.2 Å². The maximum atomic E-state index is 12.1. The quantitative estimate of drug-likeness (QED) is 0.635. The third kappa shape index (κ3) is 1.80. The lowest BCUT2D eigenvalue weighted by atomic mass is 9.84. The van der Waals surface area contributed by atoms with Crippen LogP contribution in [0.25, 0.3) is 0 Å². The van der Waals surface area contributed by atoms with Gasteiger partial charge in [0.2, 0.25) is 5.91 Å². The van der Waals surface area contributed by atoms with Crippen molar-refractivity contribution in [3.05, 3.63) is 5.82 Å². The van der Waals surface area contributed by atoms with E-state index in [2.05, 4.69) is 25.9 Å². The van der Waals surface area contributed by atoms with Crippen LogP contribution in [0.5, 0.6) is 0 Å². The van der Waals surface area contributed by atoms with Gasteiger partial charge in [0, 0.05) is 6.04 Å². The summed E-state index contributed by atoms with van der Waals surface area (Å²) in [4.78, 5) is 12.1. The molecule has 2 aliphatic rings. The van der Waals surface area contributed by atoms with Gasteiger partial charge in [-0.1, -0.05) is 5.21 Å². The summed E-state index contributed by atoms with van der Waals surface area (Å²) in [6, 6.07) is 0.0269. The molecule has 1 aromatic heterocycles. The predicted molar refractivity (Wildman–Crippen MR) is 58.3 cm³/mol. The van der Waals surface area contributed by atoms with Gasteiger partial charge in [0.05, 0.1) is 12.5 Å². The molecule has 0 spiro atoms. The highest BCUT2D eigenvalue weighted by Crippen LogP contribution is 2.47. The van der Waals surface area contributed by atoms with Crippen molar-refractivity contribution in [1.29, 1.82) is 0 Å². The second-order valence-corrected chi connectivity index (χ2v) is 4.98. The maximum Gasteiger partial charge on any atom is 0.225 e. The van der Waals surface area contributed by atoms with Crippen LogP contribution in [-0.2, 0) is 11.3 Å². The zero-order valence-corrected chi connectivity index (χ0v) is 9.47. The molecule has 1 aromatic rings. The Hall–Kier alpha value is -1.50. The Morgan fingerprint density at radius 1 is 1.47 bits per heavy atom. The molecule has 0 aromatic carbocycles. The fourth-order valence-corrected chi connectivity index (χ4v) is 3.27. The number of fused-ring (bicyclic) bond motifs is 2. The number of H-pyrrole nitrogens is 1. The van der Waals surface area contributed by atoms with Crippen LogP contribution in [0.2, 0.25) is 0 Å². The summed E-state index contributed by atoms with van der Waals surface area (Å²) >= 11 is 0. The highest BCUT2D eigenvalue weighted by Gasteiger charge is 2.48. The normalized spacial score (nSPS) is 35.1. The van der Waals surface area contributed by atoms with Crippen molar-refractivity contribution in [3.8, 4) is 0 Å². The average molecular weight is 236 g/mol. The van der Waals surface area contributed by atoms with Gasteiger partial charge in [-0.25, -0.2) is 0 Å². The molecule has 4 N–H and O–H groups in total. The first kappa shape index (κ1) is 10.6. The first-order valence-corrected chi connectivity index (χ1v) is 6.01. The van der Waals surface area contributed by atoms with Crippen LogP contribution >= 0.6 is 0 Å². The van der Waals surface area contributed by atoms with E-state index in [4.69, 9.17) is 5.73 Å². The first-order valence-electron chi connectivity index (χ1n) is 6.01. The molecule has 0 aliphatic heterocycles. The Bertz CT molecular complexity index is 403. The lowest BCUT2D eigenvalue weighted by Crippen LogP contribution is -2.45. The lowest BCUT2D eigenvalue weighted by Gasteiger charge is -2.26. The molecular weight excluding hydrogens is 220 g/mol. The number of tetrazole rings is 1. The van der Waals surface area contributed by atoms with Gasteiger partial charge in [0.15, 0.2) is 5.82 Å². The molecule has 2 bridgehead atoms. The molecule has 2 saturated carbocycles. The molecule has 17 heavy (non-hydrogen) atoms. The molecule has 0 radical (unpaired) electrons. The van der Waals surface area contributed by atoms with Gasteiger partial charge >= 0.3 is 0 Å². The number of aromatic nitrogens is 4. The van der Waals surface area contributed by atoms with E-state index in [-0.39, 0.29) is 17.9 Å². The zero-order valence-electron chi connectivity index (χ0n) is 9.47. The lowest BCUT2D eigenvalue weighted by molar-refractivity contribution is -0.127. The van der Waals surface area contributed by atoms with Crippen molar-refractivity contribution >= 4 is 5.91 Å². The van der Waals surface area contributed by atoms with E-state index in [0.717, 1.165) is 12.8 Å². The van der Waals surface area contributed by atoms with Crippen molar-refractivity contribution in [3.63, 3.8) is 0 Å². The van der Waals surface area contributed by atoms with Crippen LogP contribution in [0.3, 0.4) is 0 Å². The molecule has 7 heteroatoms. The Morgan fingerprint density at radius 2 is 2.29 bits per heavy atom. The summed E-state index contributed by atoms with van der Waals surface area (Å²) in [7, 11) is 0. The van der Waals surface area contributed by atoms with Gasteiger partial charge in [-0.15, -0.1) is 10.2 Å². The smallest absolute Gasteiger partial charge is 0.225 e. The topological polar surface area (TPSA) is 110 Å². The van der Waals surface area contributed by atoms with E-state index >= 15 is 0 Å². The van der Waals surface area contributed by atoms with E-state index in [1.165, 1.54) is 6.42 Å². The predicted octanol–water partition coefficient (Wildman–Crippen LogP) is -0.811. The molecule has 4 unspecified atom stereocenters. The number of nitrogens with one attached hydrogen (secondary N) is 2. The minimum atomic E-state index is -0.0272. The van der Waals surface area contributed by atoms with Gasteiger partial charge in [-0.3, -0.25) is 4.79 Å².